The summed E-state index contributed by atoms with van der Waals surface area (Å²) in [5, 5.41) is 0. The Morgan fingerprint density at radius 1 is 1.29 bits per heavy atom. The Labute approximate surface area is 141 Å². The number of aromatic amines is 1. The maximum absolute atomic E-state index is 12.4. The average molecular weight is 333 g/mol. The van der Waals surface area contributed by atoms with E-state index < -0.39 is 5.69 Å². The number of piperidine rings is 1. The summed E-state index contributed by atoms with van der Waals surface area (Å²) in [4.78, 5) is 33.7. The summed E-state index contributed by atoms with van der Waals surface area (Å²) in [6, 6.07) is 0. The van der Waals surface area contributed by atoms with E-state index in [-0.39, 0.29) is 5.56 Å². The Morgan fingerprint density at radius 3 is 2.79 bits per heavy atom. The molecule has 0 unspecified atom stereocenters. The summed E-state index contributed by atoms with van der Waals surface area (Å²) in [5.41, 5.74) is 0.243. The molecule has 3 rings (SSSR count). The summed E-state index contributed by atoms with van der Waals surface area (Å²) in [6.07, 6.45) is 5.59. The SMILES string of the molecule is CCCCCn1c(N2CCC[C@@H](C)C2)nc2c1c(=O)[nH]c(=O)n2C. The van der Waals surface area contributed by atoms with E-state index in [1.54, 1.807) is 7.05 Å². The lowest BCUT2D eigenvalue weighted by atomic mass is 10.0. The molecule has 2 aromatic rings. The molecule has 0 aromatic carbocycles. The Morgan fingerprint density at radius 2 is 2.08 bits per heavy atom. The van der Waals surface area contributed by atoms with Gasteiger partial charge in [0.15, 0.2) is 11.2 Å². The first-order valence-corrected chi connectivity index (χ1v) is 8.97. The molecule has 7 nitrogen and oxygen atoms in total. The van der Waals surface area contributed by atoms with Crippen LogP contribution in [0.15, 0.2) is 9.59 Å². The highest BCUT2D eigenvalue weighted by atomic mass is 16.2. The molecule has 2 aromatic heterocycles. The van der Waals surface area contributed by atoms with E-state index in [1.165, 1.54) is 11.0 Å². The van der Waals surface area contributed by atoms with Crippen LogP contribution in [0, 0.1) is 5.92 Å². The third kappa shape index (κ3) is 2.99. The monoisotopic (exact) mass is 333 g/mol. The van der Waals surface area contributed by atoms with Crippen LogP contribution in [0.5, 0.6) is 0 Å². The number of H-pyrrole nitrogens is 1. The summed E-state index contributed by atoms with van der Waals surface area (Å²) < 4.78 is 3.45. The van der Waals surface area contributed by atoms with Gasteiger partial charge in [-0.3, -0.25) is 14.3 Å². The first kappa shape index (κ1) is 16.8. The Hall–Kier alpha value is -2.05. The molecule has 1 aliphatic rings. The van der Waals surface area contributed by atoms with Gasteiger partial charge in [0.1, 0.15) is 0 Å². The van der Waals surface area contributed by atoms with Crippen LogP contribution >= 0.6 is 0 Å². The van der Waals surface area contributed by atoms with Crippen LogP contribution in [0.3, 0.4) is 0 Å². The number of hydrogen-bond acceptors (Lipinski definition) is 4. The highest BCUT2D eigenvalue weighted by Crippen LogP contribution is 2.25. The number of unbranched alkanes of at least 4 members (excludes halogenated alkanes) is 2. The van der Waals surface area contributed by atoms with E-state index in [9.17, 15) is 9.59 Å². The van der Waals surface area contributed by atoms with E-state index in [1.807, 2.05) is 4.57 Å². The predicted molar refractivity (Wildman–Crippen MR) is 95.7 cm³/mol. The molecule has 1 aliphatic heterocycles. The molecular formula is C17H27N5O2. The zero-order valence-electron chi connectivity index (χ0n) is 14.8. The number of aryl methyl sites for hydroxylation is 2. The number of hydrogen-bond donors (Lipinski definition) is 1. The van der Waals surface area contributed by atoms with Crippen LogP contribution in [0.1, 0.15) is 46.0 Å². The number of anilines is 1. The fraction of sp³-hybridized carbons (Fsp3) is 0.706. The molecule has 0 spiro atoms. The van der Waals surface area contributed by atoms with Crippen LogP contribution in [0.4, 0.5) is 5.95 Å². The van der Waals surface area contributed by atoms with Gasteiger partial charge in [-0.25, -0.2) is 4.79 Å². The average Bonchev–Trinajstić information content (AvgIpc) is 2.93. The van der Waals surface area contributed by atoms with Crippen molar-refractivity contribution in [3.63, 3.8) is 0 Å². The standard InChI is InChI=1S/C17H27N5O2/c1-4-5-6-10-22-13-14(20(3)17(24)19-15(13)23)18-16(22)21-9-7-8-12(2)11-21/h12H,4-11H2,1-3H3,(H,19,23,24)/t12-/m1/s1. The molecule has 1 saturated heterocycles. The first-order chi connectivity index (χ1) is 11.5. The lowest BCUT2D eigenvalue weighted by Gasteiger charge is -2.32. The zero-order chi connectivity index (χ0) is 17.3. The molecule has 1 fully saturated rings. The summed E-state index contributed by atoms with van der Waals surface area (Å²) >= 11 is 0. The Balaban J connectivity index is 2.13. The van der Waals surface area contributed by atoms with Gasteiger partial charge in [-0.1, -0.05) is 26.7 Å². The minimum atomic E-state index is -0.413. The van der Waals surface area contributed by atoms with Gasteiger partial charge >= 0.3 is 5.69 Å². The zero-order valence-corrected chi connectivity index (χ0v) is 14.8. The van der Waals surface area contributed by atoms with Crippen molar-refractivity contribution in [1.29, 1.82) is 0 Å². The van der Waals surface area contributed by atoms with E-state index >= 15 is 0 Å². The molecule has 7 heteroatoms. The predicted octanol–water partition coefficient (Wildman–Crippen LogP) is 1.85. The van der Waals surface area contributed by atoms with Crippen molar-refractivity contribution in [2.24, 2.45) is 13.0 Å². The topological polar surface area (TPSA) is 75.9 Å². The second kappa shape index (κ2) is 6.83. The maximum atomic E-state index is 12.4. The van der Waals surface area contributed by atoms with Crippen molar-refractivity contribution in [3.8, 4) is 0 Å². The lowest BCUT2D eigenvalue weighted by molar-refractivity contribution is 0.437. The van der Waals surface area contributed by atoms with Crippen LogP contribution in [0.25, 0.3) is 11.2 Å². The number of rotatable bonds is 5. The summed E-state index contributed by atoms with van der Waals surface area (Å²) in [5.74, 6) is 1.45. The molecule has 24 heavy (non-hydrogen) atoms. The largest absolute Gasteiger partial charge is 0.342 e. The van der Waals surface area contributed by atoms with Crippen molar-refractivity contribution in [2.75, 3.05) is 18.0 Å². The summed E-state index contributed by atoms with van der Waals surface area (Å²) in [6.45, 7) is 7.07. The van der Waals surface area contributed by atoms with Gasteiger partial charge in [0.2, 0.25) is 5.95 Å². The second-order valence-electron chi connectivity index (χ2n) is 6.95. The fourth-order valence-electron chi connectivity index (χ4n) is 3.57. The quantitative estimate of drug-likeness (QED) is 0.847. The van der Waals surface area contributed by atoms with Gasteiger partial charge in [0.25, 0.3) is 5.56 Å². The highest BCUT2D eigenvalue weighted by Gasteiger charge is 2.24. The fourth-order valence-corrected chi connectivity index (χ4v) is 3.57. The van der Waals surface area contributed by atoms with Crippen LogP contribution in [-0.4, -0.2) is 32.2 Å². The van der Waals surface area contributed by atoms with Crippen LogP contribution < -0.4 is 16.1 Å². The van der Waals surface area contributed by atoms with Gasteiger partial charge < -0.3 is 9.47 Å². The third-order valence-electron chi connectivity index (χ3n) is 4.91. The molecule has 1 atom stereocenters. The molecule has 1 N–H and O–H groups in total. The summed E-state index contributed by atoms with van der Waals surface area (Å²) in [7, 11) is 1.66. The molecule has 0 amide bonds. The smallest absolute Gasteiger partial charge is 0.329 e. The normalized spacial score (nSPS) is 18.5. The number of aromatic nitrogens is 4. The number of nitrogens with one attached hydrogen (secondary N) is 1. The van der Waals surface area contributed by atoms with Crippen molar-refractivity contribution in [1.82, 2.24) is 19.1 Å². The van der Waals surface area contributed by atoms with Crippen LogP contribution in [-0.2, 0) is 13.6 Å². The number of fused-ring (bicyclic) bond motifs is 1. The maximum Gasteiger partial charge on any atom is 0.329 e. The highest BCUT2D eigenvalue weighted by molar-refractivity contribution is 5.74. The molecule has 0 bridgehead atoms. The van der Waals surface area contributed by atoms with E-state index in [0.717, 1.165) is 51.3 Å². The number of nitrogens with zero attached hydrogens (tertiary/aromatic N) is 4. The van der Waals surface area contributed by atoms with Crippen molar-refractivity contribution < 1.29 is 0 Å². The lowest BCUT2D eigenvalue weighted by Crippen LogP contribution is -2.36. The minimum absolute atomic E-state index is 0.339. The Kier molecular flexibility index (Phi) is 4.78. The van der Waals surface area contributed by atoms with E-state index in [4.69, 9.17) is 4.98 Å². The molecule has 132 valence electrons. The molecule has 0 aliphatic carbocycles. The van der Waals surface area contributed by atoms with Gasteiger partial charge in [-0.15, -0.1) is 0 Å². The van der Waals surface area contributed by atoms with E-state index in [2.05, 4.69) is 23.7 Å². The minimum Gasteiger partial charge on any atom is -0.342 e. The molecule has 0 saturated carbocycles. The van der Waals surface area contributed by atoms with Crippen molar-refractivity contribution in [2.45, 2.75) is 52.5 Å². The second-order valence-corrected chi connectivity index (χ2v) is 6.95. The van der Waals surface area contributed by atoms with Gasteiger partial charge in [-0.2, -0.15) is 4.98 Å². The van der Waals surface area contributed by atoms with Crippen molar-refractivity contribution >= 4 is 17.1 Å². The van der Waals surface area contributed by atoms with Crippen LogP contribution in [0.2, 0.25) is 0 Å². The first-order valence-electron chi connectivity index (χ1n) is 8.97. The molecular weight excluding hydrogens is 306 g/mol. The van der Waals surface area contributed by atoms with Crippen molar-refractivity contribution in [3.05, 3.63) is 20.8 Å². The number of imidazole rings is 1. The molecule has 0 radical (unpaired) electrons. The van der Waals surface area contributed by atoms with Gasteiger partial charge in [0, 0.05) is 26.7 Å². The van der Waals surface area contributed by atoms with Gasteiger partial charge in [-0.05, 0) is 25.2 Å². The molecule has 3 heterocycles. The third-order valence-corrected chi connectivity index (χ3v) is 4.91. The Bertz CT molecular complexity index is 832. The van der Waals surface area contributed by atoms with Gasteiger partial charge in [0.05, 0.1) is 0 Å². The van der Waals surface area contributed by atoms with E-state index in [0.29, 0.717) is 17.1 Å².